The molecule has 4 nitrogen and oxygen atoms in total. The lowest BCUT2D eigenvalue weighted by Crippen LogP contribution is -2.21. The lowest BCUT2D eigenvalue weighted by Gasteiger charge is -2.07. The molecule has 0 aliphatic heterocycles. The Balaban J connectivity index is 2.82. The molecule has 1 rings (SSSR count). The van der Waals surface area contributed by atoms with E-state index in [9.17, 15) is 18.0 Å². The van der Waals surface area contributed by atoms with Crippen LogP contribution in [0, 0.1) is 6.92 Å². The number of halogens is 3. The number of alkyl halides is 3. The Morgan fingerprint density at radius 1 is 1.60 bits per heavy atom. The zero-order valence-electron chi connectivity index (χ0n) is 7.55. The second-order valence-electron chi connectivity index (χ2n) is 2.75. The first-order chi connectivity index (χ1) is 6.81. The lowest BCUT2D eigenvalue weighted by molar-refractivity contribution is -0.115. The maximum Gasteiger partial charge on any atom is 0.405 e. The first-order valence-corrected chi connectivity index (χ1v) is 4.59. The van der Waals surface area contributed by atoms with E-state index in [1.165, 1.54) is 6.92 Å². The molecule has 1 aromatic rings. The number of anilines is 1. The number of aromatic nitrogens is 1. The highest BCUT2D eigenvalue weighted by atomic mass is 32.1. The maximum absolute atomic E-state index is 11.9. The summed E-state index contributed by atoms with van der Waals surface area (Å²) >= 11 is 0.703. The molecule has 8 heteroatoms. The third-order valence-electron chi connectivity index (χ3n) is 1.53. The van der Waals surface area contributed by atoms with Crippen LogP contribution in [0.15, 0.2) is 0 Å². The Morgan fingerprint density at radius 2 is 2.20 bits per heavy atom. The molecule has 0 saturated heterocycles. The highest BCUT2D eigenvalue weighted by molar-refractivity contribution is 7.10. The summed E-state index contributed by atoms with van der Waals surface area (Å²) in [5.74, 6) is -1.29. The van der Waals surface area contributed by atoms with E-state index in [1.54, 1.807) is 0 Å². The van der Waals surface area contributed by atoms with Crippen LogP contribution in [-0.2, 0) is 0 Å². The van der Waals surface area contributed by atoms with Crippen molar-refractivity contribution in [1.29, 1.82) is 0 Å². The molecular weight excluding hydrogens is 233 g/mol. The number of hydrogen-bond acceptors (Lipinski definition) is 4. The number of aromatic carboxylic acids is 1. The molecule has 84 valence electrons. The van der Waals surface area contributed by atoms with Crippen molar-refractivity contribution in [3.8, 4) is 0 Å². The zero-order valence-corrected chi connectivity index (χ0v) is 8.37. The second-order valence-corrected chi connectivity index (χ2v) is 3.52. The summed E-state index contributed by atoms with van der Waals surface area (Å²) in [4.78, 5) is 10.7. The largest absolute Gasteiger partial charge is 0.478 e. The van der Waals surface area contributed by atoms with Gasteiger partial charge in [0.2, 0.25) is 0 Å². The van der Waals surface area contributed by atoms with E-state index in [2.05, 4.69) is 4.37 Å². The van der Waals surface area contributed by atoms with Gasteiger partial charge >= 0.3 is 12.1 Å². The summed E-state index contributed by atoms with van der Waals surface area (Å²) < 4.78 is 39.2. The molecule has 0 aliphatic carbocycles. The fraction of sp³-hybridized carbons (Fsp3) is 0.429. The van der Waals surface area contributed by atoms with E-state index in [4.69, 9.17) is 5.11 Å². The van der Waals surface area contributed by atoms with Crippen molar-refractivity contribution in [3.63, 3.8) is 0 Å². The minimum Gasteiger partial charge on any atom is -0.478 e. The number of nitrogens with zero attached hydrogens (tertiary/aromatic N) is 1. The summed E-state index contributed by atoms with van der Waals surface area (Å²) in [7, 11) is 0. The SMILES string of the molecule is Cc1nsc(NCC(F)(F)F)c1C(=O)O. The standard InChI is InChI=1S/C7H7F3N2O2S/c1-3-4(6(13)14)5(15-12-3)11-2-7(8,9)10/h11H,2H2,1H3,(H,13,14). The molecule has 0 aliphatic rings. The van der Waals surface area contributed by atoms with Crippen LogP contribution in [0.25, 0.3) is 0 Å². The Bertz CT molecular complexity index is 375. The van der Waals surface area contributed by atoms with Crippen molar-refractivity contribution in [2.45, 2.75) is 13.1 Å². The van der Waals surface area contributed by atoms with E-state index < -0.39 is 18.7 Å². The van der Waals surface area contributed by atoms with Gasteiger partial charge in [-0.15, -0.1) is 0 Å². The molecule has 0 fully saturated rings. The smallest absolute Gasteiger partial charge is 0.405 e. The van der Waals surface area contributed by atoms with Crippen LogP contribution in [0.4, 0.5) is 18.2 Å². The van der Waals surface area contributed by atoms with Gasteiger partial charge in [-0.2, -0.15) is 17.5 Å². The third-order valence-corrected chi connectivity index (χ3v) is 2.42. The number of carboxylic acids is 1. The number of rotatable bonds is 3. The van der Waals surface area contributed by atoms with Gasteiger partial charge in [-0.1, -0.05) is 0 Å². The normalized spacial score (nSPS) is 11.5. The Morgan fingerprint density at radius 3 is 2.67 bits per heavy atom. The maximum atomic E-state index is 11.9. The summed E-state index contributed by atoms with van der Waals surface area (Å²) in [5, 5.41) is 10.6. The fourth-order valence-electron chi connectivity index (χ4n) is 0.923. The Labute approximate surface area is 86.9 Å². The van der Waals surface area contributed by atoms with E-state index in [0.29, 0.717) is 11.5 Å². The number of aryl methyl sites for hydroxylation is 1. The van der Waals surface area contributed by atoms with Crippen molar-refractivity contribution in [2.75, 3.05) is 11.9 Å². The minimum absolute atomic E-state index is 0.0719. The van der Waals surface area contributed by atoms with Gasteiger partial charge in [-0.05, 0) is 18.5 Å². The number of carbonyl (C=O) groups is 1. The van der Waals surface area contributed by atoms with Crippen molar-refractivity contribution < 1.29 is 23.1 Å². The van der Waals surface area contributed by atoms with Crippen LogP contribution in [0.5, 0.6) is 0 Å². The van der Waals surface area contributed by atoms with Gasteiger partial charge in [-0.3, -0.25) is 0 Å². The van der Waals surface area contributed by atoms with E-state index in [1.807, 2.05) is 5.32 Å². The van der Waals surface area contributed by atoms with Crippen LogP contribution in [0.1, 0.15) is 16.1 Å². The molecule has 0 bridgehead atoms. The first-order valence-electron chi connectivity index (χ1n) is 3.81. The average Bonchev–Trinajstić information content (AvgIpc) is 2.42. The van der Waals surface area contributed by atoms with E-state index in [0.717, 1.165) is 0 Å². The van der Waals surface area contributed by atoms with Crippen LogP contribution in [0.2, 0.25) is 0 Å². The van der Waals surface area contributed by atoms with Crippen molar-refractivity contribution in [2.24, 2.45) is 0 Å². The lowest BCUT2D eigenvalue weighted by atomic mass is 10.2. The molecule has 0 atom stereocenters. The van der Waals surface area contributed by atoms with Crippen molar-refractivity contribution in [1.82, 2.24) is 4.37 Å². The fourth-order valence-corrected chi connectivity index (χ4v) is 1.71. The van der Waals surface area contributed by atoms with Crippen molar-refractivity contribution in [3.05, 3.63) is 11.3 Å². The van der Waals surface area contributed by atoms with Gasteiger partial charge in [-0.25, -0.2) is 4.79 Å². The Kier molecular flexibility index (Phi) is 3.18. The summed E-state index contributed by atoms with van der Waals surface area (Å²) in [6.07, 6.45) is -4.38. The third kappa shape index (κ3) is 3.08. The summed E-state index contributed by atoms with van der Waals surface area (Å²) in [6, 6.07) is 0. The van der Waals surface area contributed by atoms with Crippen LogP contribution >= 0.6 is 11.5 Å². The van der Waals surface area contributed by atoms with Gasteiger partial charge in [0.25, 0.3) is 0 Å². The van der Waals surface area contributed by atoms with Gasteiger partial charge in [0.15, 0.2) is 0 Å². The van der Waals surface area contributed by atoms with Gasteiger partial charge in [0.1, 0.15) is 17.1 Å². The molecule has 0 unspecified atom stereocenters. The monoisotopic (exact) mass is 240 g/mol. The average molecular weight is 240 g/mol. The van der Waals surface area contributed by atoms with Crippen LogP contribution in [-0.4, -0.2) is 28.2 Å². The minimum atomic E-state index is -4.38. The van der Waals surface area contributed by atoms with Crippen LogP contribution < -0.4 is 5.32 Å². The molecule has 2 N–H and O–H groups in total. The van der Waals surface area contributed by atoms with Gasteiger partial charge in [0, 0.05) is 0 Å². The summed E-state index contributed by atoms with van der Waals surface area (Å²) in [5.41, 5.74) is 0.00132. The first kappa shape index (κ1) is 11.8. The molecule has 1 heterocycles. The Hall–Kier alpha value is -1.31. The predicted octanol–water partition coefficient (Wildman–Crippen LogP) is 2.12. The molecule has 0 spiro atoms. The quantitative estimate of drug-likeness (QED) is 0.849. The number of nitrogens with one attached hydrogen (secondary N) is 1. The highest BCUT2D eigenvalue weighted by Crippen LogP contribution is 2.26. The van der Waals surface area contributed by atoms with Crippen LogP contribution in [0.3, 0.4) is 0 Å². The molecule has 0 radical (unpaired) electrons. The van der Waals surface area contributed by atoms with E-state index >= 15 is 0 Å². The highest BCUT2D eigenvalue weighted by Gasteiger charge is 2.28. The topological polar surface area (TPSA) is 62.2 Å². The molecule has 0 amide bonds. The zero-order chi connectivity index (χ0) is 11.6. The number of carboxylic acid groups (broad SMARTS) is 1. The second kappa shape index (κ2) is 4.05. The van der Waals surface area contributed by atoms with Gasteiger partial charge < -0.3 is 10.4 Å². The molecule has 0 saturated carbocycles. The molecule has 1 aromatic heterocycles. The van der Waals surface area contributed by atoms with Gasteiger partial charge in [0.05, 0.1) is 5.69 Å². The molecule has 15 heavy (non-hydrogen) atoms. The van der Waals surface area contributed by atoms with Crippen molar-refractivity contribution >= 4 is 22.5 Å². The molecular formula is C7H7F3N2O2S. The number of hydrogen-bond donors (Lipinski definition) is 2. The predicted molar refractivity (Wildman–Crippen MR) is 48.4 cm³/mol. The summed E-state index contributed by atoms with van der Waals surface area (Å²) in [6.45, 7) is 0.160. The molecule has 0 aromatic carbocycles. The van der Waals surface area contributed by atoms with E-state index in [-0.39, 0.29) is 16.3 Å².